The van der Waals surface area contributed by atoms with Crippen LogP contribution in [-0.2, 0) is 4.74 Å². The highest BCUT2D eigenvalue weighted by Crippen LogP contribution is 2.24. The van der Waals surface area contributed by atoms with Gasteiger partial charge in [-0.25, -0.2) is 4.79 Å². The minimum atomic E-state index is -0.494. The van der Waals surface area contributed by atoms with E-state index in [-0.39, 0.29) is 36.1 Å². The van der Waals surface area contributed by atoms with Crippen LogP contribution in [0.15, 0.2) is 27.8 Å². The quantitative estimate of drug-likeness (QED) is 0.302. The maximum Gasteiger partial charge on any atom is 0.410 e. The maximum absolute atomic E-state index is 12.2. The van der Waals surface area contributed by atoms with Crippen LogP contribution in [0, 0.1) is 0 Å². The van der Waals surface area contributed by atoms with Gasteiger partial charge in [0.25, 0.3) is 0 Å². The number of halogens is 1. The summed E-state index contributed by atoms with van der Waals surface area (Å²) in [6.45, 7) is 12.2. The van der Waals surface area contributed by atoms with Crippen molar-refractivity contribution in [2.24, 2.45) is 4.99 Å². The summed E-state index contributed by atoms with van der Waals surface area (Å²) in [6.07, 6.45) is 3.88. The second-order valence-corrected chi connectivity index (χ2v) is 8.21. The number of aliphatic imine (C=N–C) groups is 1. The highest BCUT2D eigenvalue weighted by molar-refractivity contribution is 14.0. The normalized spacial score (nSPS) is 16.0. The Balaban J connectivity index is 0.00000450. The molecule has 8 nitrogen and oxygen atoms in total. The Labute approximate surface area is 197 Å². The number of likely N-dealkylation sites (tertiary alicyclic amines) is 1. The van der Waals surface area contributed by atoms with E-state index >= 15 is 0 Å². The number of furan rings is 1. The lowest BCUT2D eigenvalue weighted by Gasteiger charge is -2.28. The van der Waals surface area contributed by atoms with Gasteiger partial charge in [-0.1, -0.05) is 0 Å². The van der Waals surface area contributed by atoms with Crippen LogP contribution in [0.25, 0.3) is 0 Å². The fourth-order valence-electron chi connectivity index (χ4n) is 3.37. The van der Waals surface area contributed by atoms with E-state index in [1.807, 2.05) is 39.8 Å². The summed E-state index contributed by atoms with van der Waals surface area (Å²) in [6, 6.07) is 4.14. The van der Waals surface area contributed by atoms with Crippen LogP contribution < -0.4 is 10.6 Å². The number of guanidine groups is 1. The number of carbonyl (C=O) groups excluding carboxylic acids is 1. The van der Waals surface area contributed by atoms with Crippen molar-refractivity contribution >= 4 is 36.0 Å². The van der Waals surface area contributed by atoms with Crippen LogP contribution in [0.5, 0.6) is 0 Å². The van der Waals surface area contributed by atoms with Crippen molar-refractivity contribution < 1.29 is 13.9 Å². The molecule has 0 aromatic carbocycles. The van der Waals surface area contributed by atoms with Gasteiger partial charge in [0.05, 0.1) is 12.3 Å². The molecule has 0 radical (unpaired) electrons. The van der Waals surface area contributed by atoms with E-state index in [0.717, 1.165) is 18.8 Å². The minimum Gasteiger partial charge on any atom is -0.468 e. The molecule has 1 aromatic rings. The van der Waals surface area contributed by atoms with E-state index in [9.17, 15) is 4.79 Å². The summed E-state index contributed by atoms with van der Waals surface area (Å²) < 4.78 is 11.1. The van der Waals surface area contributed by atoms with E-state index in [2.05, 4.69) is 20.5 Å². The number of hydrogen-bond acceptors (Lipinski definition) is 5. The summed E-state index contributed by atoms with van der Waals surface area (Å²) in [4.78, 5) is 20.7. The van der Waals surface area contributed by atoms with Gasteiger partial charge in [0.1, 0.15) is 11.4 Å². The standard InChI is InChI=1S/C21H37N5O3.HI/c1-6-25(20(27)29-21(2,3)4)14-11-23-19(22-5)24-16-17(18-10-9-15-28-18)26-12-7-8-13-26;/h9-10,15,17H,6-8,11-14,16H2,1-5H3,(H2,22,23,24);1H. The zero-order chi connectivity index (χ0) is 21.3. The molecule has 1 amide bonds. The van der Waals surface area contributed by atoms with Crippen molar-refractivity contribution in [3.05, 3.63) is 24.2 Å². The highest BCUT2D eigenvalue weighted by atomic mass is 127. The molecule has 2 heterocycles. The number of amides is 1. The molecule has 2 N–H and O–H groups in total. The van der Waals surface area contributed by atoms with Gasteiger partial charge in [0.2, 0.25) is 0 Å². The molecule has 1 saturated heterocycles. The molecular weight excluding hydrogens is 497 g/mol. The molecule has 0 bridgehead atoms. The second kappa shape index (κ2) is 13.0. The first-order chi connectivity index (χ1) is 13.8. The van der Waals surface area contributed by atoms with E-state index in [4.69, 9.17) is 9.15 Å². The molecule has 1 aliphatic heterocycles. The topological polar surface area (TPSA) is 82.3 Å². The third kappa shape index (κ3) is 8.71. The fraction of sp³-hybridized carbons (Fsp3) is 0.714. The number of carbonyl (C=O) groups is 1. The summed E-state index contributed by atoms with van der Waals surface area (Å²) >= 11 is 0. The molecule has 0 aliphatic carbocycles. The SMILES string of the molecule is CCN(CCNC(=NC)NCC(c1ccco1)N1CCCC1)C(=O)OC(C)(C)C.I. The monoisotopic (exact) mass is 535 g/mol. The van der Waals surface area contributed by atoms with Gasteiger partial charge in [-0.05, 0) is 65.8 Å². The molecule has 1 aromatic heterocycles. The van der Waals surface area contributed by atoms with Crippen LogP contribution in [0.2, 0.25) is 0 Å². The number of rotatable bonds is 8. The van der Waals surface area contributed by atoms with Gasteiger partial charge in [-0.2, -0.15) is 0 Å². The number of nitrogens with one attached hydrogen (secondary N) is 2. The third-order valence-corrected chi connectivity index (χ3v) is 4.85. The van der Waals surface area contributed by atoms with Gasteiger partial charge >= 0.3 is 6.09 Å². The molecule has 9 heteroatoms. The molecule has 1 fully saturated rings. The second-order valence-electron chi connectivity index (χ2n) is 8.21. The lowest BCUT2D eigenvalue weighted by atomic mass is 10.2. The van der Waals surface area contributed by atoms with Crippen molar-refractivity contribution in [3.8, 4) is 0 Å². The molecule has 0 saturated carbocycles. The molecule has 1 aliphatic rings. The molecule has 0 spiro atoms. The number of hydrogen-bond donors (Lipinski definition) is 2. The first-order valence-electron chi connectivity index (χ1n) is 10.5. The Morgan fingerprint density at radius 1 is 1.33 bits per heavy atom. The van der Waals surface area contributed by atoms with E-state index in [1.165, 1.54) is 12.8 Å². The first kappa shape index (κ1) is 26.5. The molecular formula is C21H38IN5O3. The average molecular weight is 535 g/mol. The zero-order valence-corrected chi connectivity index (χ0v) is 21.3. The molecule has 1 unspecified atom stereocenters. The lowest BCUT2D eigenvalue weighted by Crippen LogP contribution is -2.46. The summed E-state index contributed by atoms with van der Waals surface area (Å²) in [7, 11) is 1.75. The Morgan fingerprint density at radius 2 is 2.03 bits per heavy atom. The minimum absolute atomic E-state index is 0. The summed E-state index contributed by atoms with van der Waals surface area (Å²) in [5, 5.41) is 6.68. The Morgan fingerprint density at radius 3 is 2.57 bits per heavy atom. The maximum atomic E-state index is 12.2. The number of nitrogens with zero attached hydrogens (tertiary/aromatic N) is 3. The highest BCUT2D eigenvalue weighted by Gasteiger charge is 2.26. The predicted octanol–water partition coefficient (Wildman–Crippen LogP) is 3.46. The summed E-state index contributed by atoms with van der Waals surface area (Å²) in [5.41, 5.74) is -0.494. The van der Waals surface area contributed by atoms with Gasteiger partial charge in [-0.3, -0.25) is 9.89 Å². The Kier molecular flexibility index (Phi) is 11.5. The lowest BCUT2D eigenvalue weighted by molar-refractivity contribution is 0.0264. The van der Waals surface area contributed by atoms with Crippen molar-refractivity contribution in [1.82, 2.24) is 20.4 Å². The first-order valence-corrected chi connectivity index (χ1v) is 10.5. The number of ether oxygens (including phenoxy) is 1. The van der Waals surface area contributed by atoms with Crippen LogP contribution >= 0.6 is 24.0 Å². The van der Waals surface area contributed by atoms with E-state index in [1.54, 1.807) is 18.2 Å². The molecule has 1 atom stereocenters. The average Bonchev–Trinajstić information content (AvgIpc) is 3.36. The van der Waals surface area contributed by atoms with Gasteiger partial charge in [0.15, 0.2) is 5.96 Å². The van der Waals surface area contributed by atoms with E-state index in [0.29, 0.717) is 32.1 Å². The zero-order valence-electron chi connectivity index (χ0n) is 18.9. The van der Waals surface area contributed by atoms with Crippen molar-refractivity contribution in [2.75, 3.05) is 46.3 Å². The van der Waals surface area contributed by atoms with Crippen molar-refractivity contribution in [2.45, 2.75) is 52.2 Å². The van der Waals surface area contributed by atoms with Crippen molar-refractivity contribution in [3.63, 3.8) is 0 Å². The smallest absolute Gasteiger partial charge is 0.410 e. The largest absolute Gasteiger partial charge is 0.468 e. The van der Waals surface area contributed by atoms with Crippen LogP contribution in [0.4, 0.5) is 4.79 Å². The molecule has 30 heavy (non-hydrogen) atoms. The number of likely N-dealkylation sites (N-methyl/N-ethyl adjacent to an activating group) is 1. The van der Waals surface area contributed by atoms with Gasteiger partial charge in [-0.15, -0.1) is 24.0 Å². The molecule has 172 valence electrons. The predicted molar refractivity (Wildman–Crippen MR) is 131 cm³/mol. The van der Waals surface area contributed by atoms with Crippen LogP contribution in [0.1, 0.15) is 52.3 Å². The van der Waals surface area contributed by atoms with Gasteiger partial charge in [0, 0.05) is 33.2 Å². The summed E-state index contributed by atoms with van der Waals surface area (Å²) in [5.74, 6) is 1.68. The van der Waals surface area contributed by atoms with Crippen LogP contribution in [-0.4, -0.2) is 73.8 Å². The molecule has 2 rings (SSSR count). The van der Waals surface area contributed by atoms with E-state index < -0.39 is 5.60 Å². The Bertz CT molecular complexity index is 640. The third-order valence-electron chi connectivity index (χ3n) is 4.85. The van der Waals surface area contributed by atoms with Crippen LogP contribution in [0.3, 0.4) is 0 Å². The van der Waals surface area contributed by atoms with Crippen molar-refractivity contribution in [1.29, 1.82) is 0 Å². The fourth-order valence-corrected chi connectivity index (χ4v) is 3.37. The Hall–Kier alpha value is -1.49. The van der Waals surface area contributed by atoms with Gasteiger partial charge < -0.3 is 24.7 Å².